The summed E-state index contributed by atoms with van der Waals surface area (Å²) >= 11 is 5.56. The molecule has 0 bridgehead atoms. The molecule has 0 aliphatic rings. The summed E-state index contributed by atoms with van der Waals surface area (Å²) in [6, 6.07) is 9.79. The number of hydrogen-bond donors (Lipinski definition) is 1. The van der Waals surface area contributed by atoms with Gasteiger partial charge in [-0.25, -0.2) is 0 Å². The highest BCUT2D eigenvalue weighted by molar-refractivity contribution is 6.17. The topological polar surface area (TPSA) is 29.5 Å². The molecule has 2 rings (SSSR count). The first-order chi connectivity index (χ1) is 9.90. The molecule has 21 heavy (non-hydrogen) atoms. The molecule has 0 saturated carbocycles. The van der Waals surface area contributed by atoms with Crippen molar-refractivity contribution in [2.24, 2.45) is 0 Å². The van der Waals surface area contributed by atoms with Crippen LogP contribution in [0.15, 0.2) is 42.5 Å². The van der Waals surface area contributed by atoms with Crippen LogP contribution in [-0.2, 0) is 18.7 Å². The smallest absolute Gasteiger partial charge is 0.419 e. The summed E-state index contributed by atoms with van der Waals surface area (Å²) in [4.78, 5) is 0. The largest absolute Gasteiger partial charge is 0.508 e. The highest BCUT2D eigenvalue weighted by Gasteiger charge is 2.34. The number of benzene rings is 2. The molecule has 0 radical (unpaired) electrons. The summed E-state index contributed by atoms with van der Waals surface area (Å²) in [6.07, 6.45) is -4.51. The number of rotatable bonds is 4. The fourth-order valence-electron chi connectivity index (χ4n) is 1.76. The van der Waals surface area contributed by atoms with E-state index in [9.17, 15) is 13.2 Å². The molecule has 0 aliphatic carbocycles. The highest BCUT2D eigenvalue weighted by atomic mass is 35.5. The summed E-state index contributed by atoms with van der Waals surface area (Å²) in [5.41, 5.74) is 0.183. The Balaban J connectivity index is 2.21. The Hall–Kier alpha value is -1.88. The van der Waals surface area contributed by atoms with E-state index in [1.165, 1.54) is 24.3 Å². The summed E-state index contributed by atoms with van der Waals surface area (Å²) in [5.74, 6) is -0.160. The van der Waals surface area contributed by atoms with Crippen LogP contribution in [0.3, 0.4) is 0 Å². The van der Waals surface area contributed by atoms with Gasteiger partial charge < -0.3 is 9.84 Å². The van der Waals surface area contributed by atoms with E-state index in [1.807, 2.05) is 0 Å². The van der Waals surface area contributed by atoms with Crippen LogP contribution in [0, 0.1) is 0 Å². The minimum Gasteiger partial charge on any atom is -0.508 e. The van der Waals surface area contributed by atoms with Gasteiger partial charge in [-0.15, -0.1) is 11.6 Å². The van der Waals surface area contributed by atoms with Crippen LogP contribution in [0.1, 0.15) is 16.7 Å². The minimum absolute atomic E-state index is 0.00131. The van der Waals surface area contributed by atoms with E-state index in [2.05, 4.69) is 0 Å². The van der Waals surface area contributed by atoms with Crippen LogP contribution < -0.4 is 4.74 Å². The predicted molar refractivity (Wildman–Crippen MR) is 73.4 cm³/mol. The molecular weight excluding hydrogens is 305 g/mol. The van der Waals surface area contributed by atoms with Crippen LogP contribution in [0.4, 0.5) is 13.2 Å². The van der Waals surface area contributed by atoms with Crippen molar-refractivity contribution in [1.29, 1.82) is 0 Å². The molecular formula is C15H12ClF3O2. The Labute approximate surface area is 124 Å². The van der Waals surface area contributed by atoms with Gasteiger partial charge in [-0.3, -0.25) is 0 Å². The molecule has 1 N–H and O–H groups in total. The number of aromatic hydroxyl groups is 1. The van der Waals surface area contributed by atoms with Gasteiger partial charge in [0.2, 0.25) is 0 Å². The molecule has 2 nitrogen and oxygen atoms in total. The second-order valence-electron chi connectivity index (χ2n) is 4.42. The molecule has 0 saturated heterocycles. The fourth-order valence-corrected chi connectivity index (χ4v) is 1.93. The Morgan fingerprint density at radius 1 is 1.00 bits per heavy atom. The lowest BCUT2D eigenvalue weighted by atomic mass is 10.1. The summed E-state index contributed by atoms with van der Waals surface area (Å²) in [7, 11) is 0. The number of alkyl halides is 4. The Morgan fingerprint density at radius 3 is 2.19 bits per heavy atom. The first kappa shape index (κ1) is 15.5. The van der Waals surface area contributed by atoms with Crippen LogP contribution >= 0.6 is 11.6 Å². The third-order valence-corrected chi connectivity index (χ3v) is 3.14. The fraction of sp³-hybridized carbons (Fsp3) is 0.200. The summed E-state index contributed by atoms with van der Waals surface area (Å²) < 4.78 is 44.2. The van der Waals surface area contributed by atoms with Crippen LogP contribution in [0.25, 0.3) is 0 Å². The number of hydrogen-bond acceptors (Lipinski definition) is 2. The van der Waals surface area contributed by atoms with E-state index in [1.54, 1.807) is 12.1 Å². The van der Waals surface area contributed by atoms with Gasteiger partial charge in [-0.05, 0) is 35.4 Å². The van der Waals surface area contributed by atoms with E-state index in [-0.39, 0.29) is 24.0 Å². The molecule has 0 amide bonds. The lowest BCUT2D eigenvalue weighted by Gasteiger charge is -2.15. The third-order valence-electron chi connectivity index (χ3n) is 2.83. The van der Waals surface area contributed by atoms with E-state index < -0.39 is 11.7 Å². The van der Waals surface area contributed by atoms with Gasteiger partial charge in [-0.2, -0.15) is 13.2 Å². The van der Waals surface area contributed by atoms with E-state index in [4.69, 9.17) is 21.4 Å². The van der Waals surface area contributed by atoms with Gasteiger partial charge in [0.25, 0.3) is 0 Å². The van der Waals surface area contributed by atoms with Gasteiger partial charge in [0.1, 0.15) is 18.1 Å². The van der Waals surface area contributed by atoms with Gasteiger partial charge in [0.05, 0.1) is 5.56 Å². The second kappa shape index (κ2) is 6.26. The SMILES string of the molecule is Oc1ccc(COc2ccc(CCl)cc2C(F)(F)F)cc1. The maximum Gasteiger partial charge on any atom is 0.419 e. The van der Waals surface area contributed by atoms with E-state index in [0.29, 0.717) is 11.1 Å². The van der Waals surface area contributed by atoms with Crippen LogP contribution in [0.2, 0.25) is 0 Å². The van der Waals surface area contributed by atoms with Crippen molar-refractivity contribution in [1.82, 2.24) is 0 Å². The molecule has 0 unspecified atom stereocenters. The lowest BCUT2D eigenvalue weighted by molar-refractivity contribution is -0.139. The first-order valence-electron chi connectivity index (χ1n) is 6.07. The maximum absolute atomic E-state index is 13.0. The quantitative estimate of drug-likeness (QED) is 0.826. The van der Waals surface area contributed by atoms with Crippen LogP contribution in [-0.4, -0.2) is 5.11 Å². The zero-order valence-corrected chi connectivity index (χ0v) is 11.6. The normalized spacial score (nSPS) is 11.4. The zero-order chi connectivity index (χ0) is 15.5. The maximum atomic E-state index is 13.0. The Morgan fingerprint density at radius 2 is 1.62 bits per heavy atom. The van der Waals surface area contributed by atoms with E-state index >= 15 is 0 Å². The first-order valence-corrected chi connectivity index (χ1v) is 6.60. The molecule has 112 valence electrons. The zero-order valence-electron chi connectivity index (χ0n) is 10.8. The van der Waals surface area contributed by atoms with Crippen molar-refractivity contribution in [3.63, 3.8) is 0 Å². The third kappa shape index (κ3) is 4.04. The monoisotopic (exact) mass is 316 g/mol. The van der Waals surface area contributed by atoms with Crippen molar-refractivity contribution in [3.05, 3.63) is 59.2 Å². The lowest BCUT2D eigenvalue weighted by Crippen LogP contribution is -2.09. The van der Waals surface area contributed by atoms with Gasteiger partial charge in [-0.1, -0.05) is 18.2 Å². The Kier molecular flexibility index (Phi) is 4.63. The average molecular weight is 317 g/mol. The van der Waals surface area contributed by atoms with E-state index in [0.717, 1.165) is 6.07 Å². The van der Waals surface area contributed by atoms with Crippen molar-refractivity contribution < 1.29 is 23.0 Å². The van der Waals surface area contributed by atoms with Gasteiger partial charge >= 0.3 is 6.18 Å². The molecule has 0 atom stereocenters. The molecule has 0 heterocycles. The number of phenolic OH excluding ortho intramolecular Hbond substituents is 1. The predicted octanol–water partition coefficient (Wildman–Crippen LogP) is 4.73. The molecule has 6 heteroatoms. The average Bonchev–Trinajstić information content (AvgIpc) is 2.45. The van der Waals surface area contributed by atoms with Gasteiger partial charge in [0.15, 0.2) is 0 Å². The second-order valence-corrected chi connectivity index (χ2v) is 4.68. The molecule has 2 aromatic rings. The van der Waals surface area contributed by atoms with Crippen molar-refractivity contribution in [2.45, 2.75) is 18.7 Å². The number of halogens is 4. The molecule has 0 aliphatic heterocycles. The number of ether oxygens (including phenoxy) is 1. The highest BCUT2D eigenvalue weighted by Crippen LogP contribution is 2.37. The van der Waals surface area contributed by atoms with Crippen molar-refractivity contribution in [3.8, 4) is 11.5 Å². The molecule has 2 aromatic carbocycles. The van der Waals surface area contributed by atoms with Gasteiger partial charge in [0, 0.05) is 5.88 Å². The molecule has 0 aromatic heterocycles. The summed E-state index contributed by atoms with van der Waals surface area (Å²) in [6.45, 7) is -0.0242. The van der Waals surface area contributed by atoms with Crippen LogP contribution in [0.5, 0.6) is 11.5 Å². The van der Waals surface area contributed by atoms with Crippen molar-refractivity contribution >= 4 is 11.6 Å². The number of phenols is 1. The molecule has 0 spiro atoms. The van der Waals surface area contributed by atoms with Crippen molar-refractivity contribution in [2.75, 3.05) is 0 Å². The standard InChI is InChI=1S/C15H12ClF3O2/c16-8-11-3-6-14(13(7-11)15(17,18)19)21-9-10-1-4-12(20)5-2-10/h1-7,20H,8-9H2. The summed E-state index contributed by atoms with van der Waals surface area (Å²) in [5, 5.41) is 9.15. The molecule has 0 fully saturated rings. The minimum atomic E-state index is -4.51. The Bertz CT molecular complexity index is 609.